The summed E-state index contributed by atoms with van der Waals surface area (Å²) < 4.78 is 2.67. The van der Waals surface area contributed by atoms with E-state index in [0.717, 1.165) is 11.4 Å². The second kappa shape index (κ2) is 10.5. The average molecular weight is 660 g/mol. The highest BCUT2D eigenvalue weighted by Gasteiger charge is 2.52. The van der Waals surface area contributed by atoms with E-state index < -0.39 is 5.41 Å². The Morgan fingerprint density at radius 2 is 1.06 bits per heavy atom. The van der Waals surface area contributed by atoms with E-state index in [0.29, 0.717) is 0 Å². The number of aryl methyl sites for hydroxylation is 1. The number of rotatable bonds is 3. The largest absolute Gasteiger partial charge is 0.310 e. The second-order valence-corrected chi connectivity index (χ2v) is 16.0. The van der Waals surface area contributed by atoms with E-state index in [1.54, 1.807) is 0 Å². The first-order valence-corrected chi connectivity index (χ1v) is 18.4. The van der Waals surface area contributed by atoms with Crippen molar-refractivity contribution < 1.29 is 0 Å². The molecule has 0 atom stereocenters. The first-order chi connectivity index (χ1) is 24.4. The van der Waals surface area contributed by atoms with Gasteiger partial charge in [0, 0.05) is 37.1 Å². The highest BCUT2D eigenvalue weighted by molar-refractivity contribution is 7.26. The maximum Gasteiger partial charge on any atom is 0.0726 e. The van der Waals surface area contributed by atoms with Crippen LogP contribution in [0, 0.1) is 6.92 Å². The van der Waals surface area contributed by atoms with E-state index in [1.807, 2.05) is 11.3 Å². The van der Waals surface area contributed by atoms with Crippen molar-refractivity contribution in [3.8, 4) is 22.3 Å². The molecule has 0 aliphatic heterocycles. The summed E-state index contributed by atoms with van der Waals surface area (Å²) in [5, 5.41) is 2.62. The first kappa shape index (κ1) is 29.5. The Hall–Kier alpha value is -5.44. The van der Waals surface area contributed by atoms with E-state index >= 15 is 0 Å². The molecule has 1 nitrogen and oxygen atoms in total. The monoisotopic (exact) mass is 659 g/mol. The molecule has 10 rings (SSSR count). The summed E-state index contributed by atoms with van der Waals surface area (Å²) >= 11 is 1.94. The van der Waals surface area contributed by atoms with E-state index in [-0.39, 0.29) is 5.41 Å². The Balaban J connectivity index is 1.38. The molecule has 1 aromatic heterocycles. The maximum absolute atomic E-state index is 2.56. The van der Waals surface area contributed by atoms with E-state index in [1.165, 1.54) is 81.5 Å². The van der Waals surface area contributed by atoms with Crippen LogP contribution < -0.4 is 4.90 Å². The molecule has 0 unspecified atom stereocenters. The molecule has 8 aromatic rings. The summed E-state index contributed by atoms with van der Waals surface area (Å²) in [5.74, 6) is 0. The van der Waals surface area contributed by atoms with Crippen LogP contribution >= 0.6 is 11.3 Å². The van der Waals surface area contributed by atoms with Gasteiger partial charge in [0.25, 0.3) is 0 Å². The van der Waals surface area contributed by atoms with Crippen molar-refractivity contribution in [1.82, 2.24) is 0 Å². The second-order valence-electron chi connectivity index (χ2n) is 15.0. The molecular formula is C48H37NS. The average Bonchev–Trinajstić information content (AvgIpc) is 3.77. The highest BCUT2D eigenvalue weighted by Crippen LogP contribution is 2.65. The molecule has 0 N–H and O–H groups in total. The van der Waals surface area contributed by atoms with Gasteiger partial charge >= 0.3 is 0 Å². The minimum atomic E-state index is -0.423. The normalized spacial score (nSPS) is 13.8. The Kier molecular flexibility index (Phi) is 6.21. The lowest BCUT2D eigenvalue weighted by Crippen LogP contribution is -2.26. The van der Waals surface area contributed by atoms with Crippen LogP contribution in [0.25, 0.3) is 42.4 Å². The fourth-order valence-corrected chi connectivity index (χ4v) is 10.1. The summed E-state index contributed by atoms with van der Waals surface area (Å²) in [6.07, 6.45) is 0. The number of nitrogens with zero attached hydrogens (tertiary/aromatic N) is 1. The van der Waals surface area contributed by atoms with E-state index in [9.17, 15) is 0 Å². The number of benzene rings is 7. The van der Waals surface area contributed by atoms with Gasteiger partial charge in [-0.3, -0.25) is 0 Å². The van der Waals surface area contributed by atoms with Gasteiger partial charge in [-0.2, -0.15) is 0 Å². The Labute approximate surface area is 298 Å². The molecule has 2 aliphatic carbocycles. The third kappa shape index (κ3) is 3.94. The number of hydrogen-bond donors (Lipinski definition) is 0. The molecule has 1 spiro atoms. The molecular weight excluding hydrogens is 623 g/mol. The van der Waals surface area contributed by atoms with Gasteiger partial charge in [0.1, 0.15) is 0 Å². The van der Waals surface area contributed by atoms with Gasteiger partial charge < -0.3 is 4.90 Å². The molecule has 2 aliphatic rings. The van der Waals surface area contributed by atoms with Gasteiger partial charge in [-0.1, -0.05) is 142 Å². The van der Waals surface area contributed by atoms with Gasteiger partial charge in [-0.25, -0.2) is 0 Å². The lowest BCUT2D eigenvalue weighted by Gasteiger charge is -2.33. The molecule has 2 heteroatoms. The van der Waals surface area contributed by atoms with Crippen molar-refractivity contribution in [3.05, 3.63) is 185 Å². The number of anilines is 3. The maximum atomic E-state index is 2.56. The van der Waals surface area contributed by atoms with Crippen LogP contribution in [0.15, 0.2) is 152 Å². The lowest BCUT2D eigenvalue weighted by atomic mass is 9.70. The van der Waals surface area contributed by atoms with Crippen LogP contribution in [-0.4, -0.2) is 0 Å². The Bertz CT molecular complexity index is 2590. The summed E-state index contributed by atoms with van der Waals surface area (Å²) in [5.41, 5.74) is 16.6. The molecule has 240 valence electrons. The van der Waals surface area contributed by atoms with Crippen molar-refractivity contribution in [2.75, 3.05) is 4.90 Å². The minimum Gasteiger partial charge on any atom is -0.310 e. The fourth-order valence-electron chi connectivity index (χ4n) is 8.84. The van der Waals surface area contributed by atoms with Gasteiger partial charge in [0.2, 0.25) is 0 Å². The summed E-state index contributed by atoms with van der Waals surface area (Å²) in [7, 11) is 0. The van der Waals surface area contributed by atoms with Crippen molar-refractivity contribution >= 4 is 48.6 Å². The predicted molar refractivity (Wildman–Crippen MR) is 214 cm³/mol. The number of hydrogen-bond acceptors (Lipinski definition) is 2. The minimum absolute atomic E-state index is 0.0685. The van der Waals surface area contributed by atoms with Crippen LogP contribution in [0.4, 0.5) is 17.1 Å². The summed E-state index contributed by atoms with van der Waals surface area (Å²) in [6.45, 7) is 9.03. The quantitative estimate of drug-likeness (QED) is 0.182. The Morgan fingerprint density at radius 1 is 0.540 bits per heavy atom. The number of fused-ring (bicyclic) bond motifs is 14. The molecule has 0 saturated carbocycles. The smallest absolute Gasteiger partial charge is 0.0726 e. The van der Waals surface area contributed by atoms with E-state index in [4.69, 9.17) is 0 Å². The van der Waals surface area contributed by atoms with Crippen molar-refractivity contribution in [2.45, 2.75) is 38.5 Å². The van der Waals surface area contributed by atoms with E-state index in [2.05, 4.69) is 184 Å². The lowest BCUT2D eigenvalue weighted by molar-refractivity contribution is 0.590. The van der Waals surface area contributed by atoms with Gasteiger partial charge in [0.05, 0.1) is 11.1 Å². The molecule has 0 radical (unpaired) electrons. The zero-order valence-electron chi connectivity index (χ0n) is 28.8. The van der Waals surface area contributed by atoms with Crippen LogP contribution in [0.1, 0.15) is 54.2 Å². The molecule has 0 bridgehead atoms. The summed E-state index contributed by atoms with van der Waals surface area (Å²) in [6, 6.07) is 57.3. The van der Waals surface area contributed by atoms with Crippen LogP contribution in [0.3, 0.4) is 0 Å². The topological polar surface area (TPSA) is 3.24 Å². The predicted octanol–water partition coefficient (Wildman–Crippen LogP) is 13.5. The number of thiophene rings is 1. The molecule has 0 fully saturated rings. The standard InChI is InChI=1S/C48H37NS/c1-30-21-25-32(26-22-30)49(33-27-23-31(24-28-33)47(2,3)4)42-29-41-44(46-45(42)37-16-8-12-20-43(37)50-46)36-15-7-11-19-40(36)48(41)38-17-9-5-13-34(38)35-14-6-10-18-39(35)48/h5-29H,1-4H3. The van der Waals surface area contributed by atoms with Crippen LogP contribution in [0.5, 0.6) is 0 Å². The van der Waals surface area contributed by atoms with Gasteiger partial charge in [-0.05, 0) is 93.2 Å². The van der Waals surface area contributed by atoms with Crippen molar-refractivity contribution in [3.63, 3.8) is 0 Å². The van der Waals surface area contributed by atoms with Crippen LogP contribution in [-0.2, 0) is 10.8 Å². The zero-order chi connectivity index (χ0) is 33.8. The van der Waals surface area contributed by atoms with Crippen LogP contribution in [0.2, 0.25) is 0 Å². The SMILES string of the molecule is Cc1ccc(N(c2ccc(C(C)(C)C)cc2)c2cc3c(c4sc5ccccc5c24)-c2ccccc2C32c3ccccc3-c3ccccc32)cc1. The molecule has 7 aromatic carbocycles. The molecule has 1 heterocycles. The fraction of sp³-hybridized carbons (Fsp3) is 0.125. The van der Waals surface area contributed by atoms with Crippen molar-refractivity contribution in [2.24, 2.45) is 0 Å². The third-order valence-corrected chi connectivity index (χ3v) is 12.3. The highest BCUT2D eigenvalue weighted by atomic mass is 32.1. The first-order valence-electron chi connectivity index (χ1n) is 17.6. The molecule has 50 heavy (non-hydrogen) atoms. The van der Waals surface area contributed by atoms with Crippen molar-refractivity contribution in [1.29, 1.82) is 0 Å². The molecule has 0 saturated heterocycles. The zero-order valence-corrected chi connectivity index (χ0v) is 29.6. The third-order valence-electron chi connectivity index (χ3n) is 11.1. The summed E-state index contributed by atoms with van der Waals surface area (Å²) in [4.78, 5) is 2.51. The van der Waals surface area contributed by atoms with Gasteiger partial charge in [0.15, 0.2) is 0 Å². The van der Waals surface area contributed by atoms with Gasteiger partial charge in [-0.15, -0.1) is 11.3 Å². The molecule has 0 amide bonds. The Morgan fingerprint density at radius 3 is 1.68 bits per heavy atom.